The molecular formula is C23H21N5O2S. The SMILES string of the molecule is Cc1ccccc1-n1c(SCC(=O)N/N=C\c2cccn2C)nc2ccccc2c1=O. The summed E-state index contributed by atoms with van der Waals surface area (Å²) >= 11 is 1.20. The van der Waals surface area contributed by atoms with Crippen molar-refractivity contribution in [1.82, 2.24) is 19.5 Å². The lowest BCUT2D eigenvalue weighted by Gasteiger charge is -2.14. The quantitative estimate of drug-likeness (QED) is 0.220. The molecule has 2 aromatic heterocycles. The number of fused-ring (bicyclic) bond motifs is 1. The van der Waals surface area contributed by atoms with E-state index >= 15 is 0 Å². The van der Waals surface area contributed by atoms with Crippen LogP contribution in [0.15, 0.2) is 81.9 Å². The molecule has 8 heteroatoms. The Morgan fingerprint density at radius 2 is 1.90 bits per heavy atom. The van der Waals surface area contributed by atoms with E-state index in [-0.39, 0.29) is 17.2 Å². The van der Waals surface area contributed by atoms with Crippen molar-refractivity contribution < 1.29 is 4.79 Å². The summed E-state index contributed by atoms with van der Waals surface area (Å²) < 4.78 is 3.47. The summed E-state index contributed by atoms with van der Waals surface area (Å²) in [5, 5.41) is 4.99. The first-order valence-corrected chi connectivity index (χ1v) is 10.7. The molecule has 0 aliphatic carbocycles. The third-order valence-electron chi connectivity index (χ3n) is 4.80. The highest BCUT2D eigenvalue weighted by Crippen LogP contribution is 2.22. The number of rotatable bonds is 6. The van der Waals surface area contributed by atoms with Gasteiger partial charge in [-0.25, -0.2) is 10.4 Å². The third-order valence-corrected chi connectivity index (χ3v) is 5.74. The zero-order valence-electron chi connectivity index (χ0n) is 17.1. The van der Waals surface area contributed by atoms with Crippen LogP contribution in [0.2, 0.25) is 0 Å². The number of aryl methyl sites for hydroxylation is 2. The highest BCUT2D eigenvalue weighted by Gasteiger charge is 2.15. The van der Waals surface area contributed by atoms with Crippen LogP contribution >= 0.6 is 11.8 Å². The van der Waals surface area contributed by atoms with Crippen LogP contribution in [0.4, 0.5) is 0 Å². The van der Waals surface area contributed by atoms with E-state index in [1.165, 1.54) is 11.8 Å². The van der Waals surface area contributed by atoms with Crippen molar-refractivity contribution in [1.29, 1.82) is 0 Å². The lowest BCUT2D eigenvalue weighted by Crippen LogP contribution is -2.24. The molecule has 0 bridgehead atoms. The van der Waals surface area contributed by atoms with Gasteiger partial charge in [-0.15, -0.1) is 0 Å². The second kappa shape index (κ2) is 9.01. The van der Waals surface area contributed by atoms with E-state index in [9.17, 15) is 9.59 Å². The lowest BCUT2D eigenvalue weighted by atomic mass is 10.2. The summed E-state index contributed by atoms with van der Waals surface area (Å²) in [6.45, 7) is 1.94. The van der Waals surface area contributed by atoms with E-state index in [2.05, 4.69) is 15.5 Å². The van der Waals surface area contributed by atoms with E-state index in [4.69, 9.17) is 0 Å². The Labute approximate surface area is 183 Å². The zero-order valence-corrected chi connectivity index (χ0v) is 18.0. The Balaban J connectivity index is 1.61. The van der Waals surface area contributed by atoms with Gasteiger partial charge in [0, 0.05) is 13.2 Å². The number of nitrogens with zero attached hydrogens (tertiary/aromatic N) is 4. The molecule has 1 N–H and O–H groups in total. The number of nitrogens with one attached hydrogen (secondary N) is 1. The Morgan fingerprint density at radius 3 is 2.68 bits per heavy atom. The molecular weight excluding hydrogens is 410 g/mol. The molecule has 2 aromatic carbocycles. The number of benzene rings is 2. The first-order valence-electron chi connectivity index (χ1n) is 9.68. The van der Waals surface area contributed by atoms with E-state index in [0.29, 0.717) is 16.1 Å². The molecule has 0 aliphatic heterocycles. The molecule has 7 nitrogen and oxygen atoms in total. The summed E-state index contributed by atoms with van der Waals surface area (Å²) in [6, 6.07) is 18.6. The smallest absolute Gasteiger partial charge is 0.266 e. The zero-order chi connectivity index (χ0) is 21.8. The molecule has 2 heterocycles. The average Bonchev–Trinajstić information content (AvgIpc) is 3.18. The van der Waals surface area contributed by atoms with Gasteiger partial charge in [-0.05, 0) is 42.8 Å². The number of hydrazone groups is 1. The van der Waals surface area contributed by atoms with Crippen LogP contribution in [0.25, 0.3) is 16.6 Å². The van der Waals surface area contributed by atoms with Gasteiger partial charge >= 0.3 is 0 Å². The number of thioether (sulfide) groups is 1. The van der Waals surface area contributed by atoms with Crippen LogP contribution in [0.1, 0.15) is 11.3 Å². The predicted molar refractivity (Wildman–Crippen MR) is 124 cm³/mol. The molecule has 0 radical (unpaired) electrons. The van der Waals surface area contributed by atoms with E-state index in [0.717, 1.165) is 16.9 Å². The molecule has 4 aromatic rings. The molecule has 0 aliphatic rings. The number of carbonyl (C=O) groups excluding carboxylic acids is 1. The maximum Gasteiger partial charge on any atom is 0.266 e. The highest BCUT2D eigenvalue weighted by molar-refractivity contribution is 7.99. The highest BCUT2D eigenvalue weighted by atomic mass is 32.2. The second-order valence-electron chi connectivity index (χ2n) is 6.96. The topological polar surface area (TPSA) is 81.3 Å². The number of carbonyl (C=O) groups is 1. The summed E-state index contributed by atoms with van der Waals surface area (Å²) in [7, 11) is 1.90. The average molecular weight is 432 g/mol. The van der Waals surface area contributed by atoms with Gasteiger partial charge in [0.15, 0.2) is 5.16 Å². The first kappa shape index (κ1) is 20.6. The van der Waals surface area contributed by atoms with Gasteiger partial charge < -0.3 is 4.57 Å². The number of hydrogen-bond donors (Lipinski definition) is 1. The number of para-hydroxylation sites is 2. The molecule has 0 atom stereocenters. The summed E-state index contributed by atoms with van der Waals surface area (Å²) in [4.78, 5) is 30.3. The van der Waals surface area contributed by atoms with Crippen molar-refractivity contribution in [3.05, 3.63) is 88.5 Å². The molecule has 4 rings (SSSR count). The first-order chi connectivity index (χ1) is 15.0. The molecule has 0 spiro atoms. The van der Waals surface area contributed by atoms with Crippen molar-refractivity contribution >= 4 is 34.8 Å². The van der Waals surface area contributed by atoms with Crippen LogP contribution in [0.3, 0.4) is 0 Å². The van der Waals surface area contributed by atoms with Crippen molar-refractivity contribution in [3.63, 3.8) is 0 Å². The van der Waals surface area contributed by atoms with E-state index in [1.54, 1.807) is 22.9 Å². The maximum atomic E-state index is 13.3. The number of hydrogen-bond acceptors (Lipinski definition) is 5. The minimum atomic E-state index is -0.283. The van der Waals surface area contributed by atoms with Crippen LogP contribution in [-0.4, -0.2) is 32.0 Å². The molecule has 156 valence electrons. The fourth-order valence-corrected chi connectivity index (χ4v) is 3.98. The van der Waals surface area contributed by atoms with Gasteiger partial charge in [0.2, 0.25) is 0 Å². The predicted octanol–water partition coefficient (Wildman–Crippen LogP) is 3.28. The van der Waals surface area contributed by atoms with Gasteiger partial charge in [0.25, 0.3) is 11.5 Å². The molecule has 31 heavy (non-hydrogen) atoms. The van der Waals surface area contributed by atoms with Gasteiger partial charge in [-0.1, -0.05) is 42.1 Å². The van der Waals surface area contributed by atoms with Gasteiger partial charge in [0.05, 0.1) is 34.3 Å². The molecule has 0 unspecified atom stereocenters. The molecule has 1 amide bonds. The van der Waals surface area contributed by atoms with Crippen molar-refractivity contribution in [2.45, 2.75) is 12.1 Å². The lowest BCUT2D eigenvalue weighted by molar-refractivity contribution is -0.118. The molecule has 0 saturated carbocycles. The van der Waals surface area contributed by atoms with E-state index < -0.39 is 0 Å². The van der Waals surface area contributed by atoms with Gasteiger partial charge in [-0.3, -0.25) is 14.2 Å². The molecule has 0 saturated heterocycles. The molecule has 0 fully saturated rings. The Bertz CT molecular complexity index is 1340. The van der Waals surface area contributed by atoms with Gasteiger partial charge in [-0.2, -0.15) is 5.10 Å². The minimum Gasteiger partial charge on any atom is -0.350 e. The van der Waals surface area contributed by atoms with Crippen molar-refractivity contribution in [2.75, 3.05) is 5.75 Å². The standard InChI is InChI=1S/C23H21N5O2S/c1-16-8-3-6-12-20(16)28-22(30)18-10-4-5-11-19(18)25-23(28)31-15-21(29)26-24-14-17-9-7-13-27(17)2/h3-14H,15H2,1-2H3,(H,26,29)/b24-14-. The van der Waals surface area contributed by atoms with Crippen molar-refractivity contribution in [2.24, 2.45) is 12.1 Å². The fraction of sp³-hybridized carbons (Fsp3) is 0.130. The summed E-state index contributed by atoms with van der Waals surface area (Å²) in [6.07, 6.45) is 3.48. The maximum absolute atomic E-state index is 13.3. The minimum absolute atomic E-state index is 0.0706. The fourth-order valence-electron chi connectivity index (χ4n) is 3.18. The summed E-state index contributed by atoms with van der Waals surface area (Å²) in [5.41, 5.74) is 5.52. The van der Waals surface area contributed by atoms with Crippen LogP contribution < -0.4 is 11.0 Å². The van der Waals surface area contributed by atoms with E-state index in [1.807, 2.05) is 73.3 Å². The third kappa shape index (κ3) is 4.44. The van der Waals surface area contributed by atoms with Crippen LogP contribution in [-0.2, 0) is 11.8 Å². The van der Waals surface area contributed by atoms with Gasteiger partial charge in [0.1, 0.15) is 0 Å². The number of amides is 1. The normalized spacial score (nSPS) is 11.3. The Hall–Kier alpha value is -3.65. The number of aromatic nitrogens is 3. The Morgan fingerprint density at radius 1 is 1.13 bits per heavy atom. The van der Waals surface area contributed by atoms with Crippen LogP contribution in [0, 0.1) is 6.92 Å². The van der Waals surface area contributed by atoms with Crippen LogP contribution in [0.5, 0.6) is 0 Å². The largest absolute Gasteiger partial charge is 0.350 e. The second-order valence-corrected chi connectivity index (χ2v) is 7.91. The Kier molecular flexibility index (Phi) is 5.99. The monoisotopic (exact) mass is 431 g/mol. The van der Waals surface area contributed by atoms with Crippen molar-refractivity contribution in [3.8, 4) is 5.69 Å². The summed E-state index contributed by atoms with van der Waals surface area (Å²) in [5.74, 6) is -0.213.